The molecule has 1 aliphatic rings. The predicted molar refractivity (Wildman–Crippen MR) is 81.7 cm³/mol. The van der Waals surface area contributed by atoms with Gasteiger partial charge >= 0.3 is 6.03 Å². The maximum absolute atomic E-state index is 12.3. The summed E-state index contributed by atoms with van der Waals surface area (Å²) < 4.78 is 10.7. The smallest absolute Gasteiger partial charge is 0.319 e. The van der Waals surface area contributed by atoms with Crippen LogP contribution in [-0.2, 0) is 4.74 Å². The summed E-state index contributed by atoms with van der Waals surface area (Å²) in [7, 11) is 0. The zero-order valence-corrected chi connectivity index (χ0v) is 12.9. The van der Waals surface area contributed by atoms with Crippen molar-refractivity contribution in [2.24, 2.45) is 5.92 Å². The highest BCUT2D eigenvalue weighted by Gasteiger charge is 2.31. The van der Waals surface area contributed by atoms with Crippen LogP contribution >= 0.6 is 0 Å². The van der Waals surface area contributed by atoms with Gasteiger partial charge in [-0.1, -0.05) is 5.16 Å². The molecule has 1 fully saturated rings. The molecule has 1 saturated heterocycles. The van der Waals surface area contributed by atoms with Crippen LogP contribution in [0.15, 0.2) is 29.0 Å². The Bertz CT molecular complexity index is 640. The van der Waals surface area contributed by atoms with Crippen molar-refractivity contribution in [2.75, 3.05) is 18.5 Å². The average Bonchev–Trinajstić information content (AvgIpc) is 3.00. The minimum Gasteiger partial charge on any atom is -0.381 e. The number of ether oxygens (including phenoxy) is 1. The standard InChI is InChI=1S/C15H19N5O3/c1-10-17-14(23-20-10)13(11-4-7-22-8-5-11)19-15(21)18-12-3-2-6-16-9-12/h2-3,6,9,11,13H,4-5,7-8H2,1H3,(H2,18,19,21)/t13-/m1/s1. The molecule has 0 unspecified atom stereocenters. The summed E-state index contributed by atoms with van der Waals surface area (Å²) in [4.78, 5) is 20.5. The number of amides is 2. The molecule has 0 aliphatic carbocycles. The number of nitrogens with zero attached hydrogens (tertiary/aromatic N) is 3. The van der Waals surface area contributed by atoms with Crippen LogP contribution in [0, 0.1) is 12.8 Å². The highest BCUT2D eigenvalue weighted by atomic mass is 16.5. The highest BCUT2D eigenvalue weighted by molar-refractivity contribution is 5.89. The quantitative estimate of drug-likeness (QED) is 0.895. The molecule has 23 heavy (non-hydrogen) atoms. The molecule has 3 rings (SSSR count). The zero-order valence-electron chi connectivity index (χ0n) is 12.9. The molecule has 0 bridgehead atoms. The molecule has 8 nitrogen and oxygen atoms in total. The van der Waals surface area contributed by atoms with E-state index in [1.165, 1.54) is 0 Å². The number of aromatic nitrogens is 3. The first-order chi connectivity index (χ1) is 11.2. The Morgan fingerprint density at radius 1 is 1.39 bits per heavy atom. The summed E-state index contributed by atoms with van der Waals surface area (Å²) in [5.74, 6) is 1.17. The minimum absolute atomic E-state index is 0.197. The topological polar surface area (TPSA) is 102 Å². The van der Waals surface area contributed by atoms with Gasteiger partial charge < -0.3 is 19.9 Å². The molecule has 1 atom stereocenters. The van der Waals surface area contributed by atoms with E-state index in [1.807, 2.05) is 0 Å². The Morgan fingerprint density at radius 2 is 2.22 bits per heavy atom. The summed E-state index contributed by atoms with van der Waals surface area (Å²) in [6.45, 7) is 3.09. The van der Waals surface area contributed by atoms with Gasteiger partial charge in [0, 0.05) is 19.4 Å². The number of hydrogen-bond donors (Lipinski definition) is 2. The third kappa shape index (κ3) is 4.04. The van der Waals surface area contributed by atoms with Crippen LogP contribution in [0.2, 0.25) is 0 Å². The Labute approximate surface area is 133 Å². The highest BCUT2D eigenvalue weighted by Crippen LogP contribution is 2.29. The van der Waals surface area contributed by atoms with Gasteiger partial charge in [0.15, 0.2) is 5.82 Å². The number of pyridine rings is 1. The van der Waals surface area contributed by atoms with Crippen molar-refractivity contribution in [3.63, 3.8) is 0 Å². The third-order valence-electron chi connectivity index (χ3n) is 3.75. The Kier molecular flexibility index (Phi) is 4.82. The first-order valence-corrected chi connectivity index (χ1v) is 7.58. The maximum Gasteiger partial charge on any atom is 0.319 e. The summed E-state index contributed by atoms with van der Waals surface area (Å²) in [5, 5.41) is 9.51. The number of anilines is 1. The molecule has 2 aromatic heterocycles. The molecular weight excluding hydrogens is 298 g/mol. The Morgan fingerprint density at radius 3 is 2.87 bits per heavy atom. The van der Waals surface area contributed by atoms with Gasteiger partial charge in [0.25, 0.3) is 0 Å². The van der Waals surface area contributed by atoms with Crippen molar-refractivity contribution in [3.05, 3.63) is 36.2 Å². The van der Waals surface area contributed by atoms with Crippen LogP contribution in [0.4, 0.5) is 10.5 Å². The van der Waals surface area contributed by atoms with E-state index in [0.717, 1.165) is 12.8 Å². The molecule has 3 heterocycles. The van der Waals surface area contributed by atoms with Crippen LogP contribution in [0.3, 0.4) is 0 Å². The van der Waals surface area contributed by atoms with Gasteiger partial charge in [-0.2, -0.15) is 4.98 Å². The fourth-order valence-electron chi connectivity index (χ4n) is 2.61. The van der Waals surface area contributed by atoms with Crippen LogP contribution in [0.5, 0.6) is 0 Å². The van der Waals surface area contributed by atoms with Gasteiger partial charge in [0.05, 0.1) is 11.9 Å². The Balaban J connectivity index is 1.71. The summed E-state index contributed by atoms with van der Waals surface area (Å²) in [5.41, 5.74) is 0.623. The van der Waals surface area contributed by atoms with Crippen LogP contribution in [0.1, 0.15) is 30.6 Å². The van der Waals surface area contributed by atoms with Crippen LogP contribution in [0.25, 0.3) is 0 Å². The zero-order chi connectivity index (χ0) is 16.1. The molecule has 0 radical (unpaired) electrons. The molecule has 0 spiro atoms. The second-order valence-corrected chi connectivity index (χ2v) is 5.45. The summed E-state index contributed by atoms with van der Waals surface area (Å²) >= 11 is 0. The van der Waals surface area contributed by atoms with Gasteiger partial charge in [-0.15, -0.1) is 0 Å². The van der Waals surface area contributed by atoms with Crippen LogP contribution in [-0.4, -0.2) is 34.4 Å². The van der Waals surface area contributed by atoms with Crippen molar-refractivity contribution < 1.29 is 14.1 Å². The number of rotatable bonds is 4. The lowest BCUT2D eigenvalue weighted by Gasteiger charge is -2.28. The number of urea groups is 1. The van der Waals surface area contributed by atoms with E-state index in [-0.39, 0.29) is 18.0 Å². The van der Waals surface area contributed by atoms with E-state index >= 15 is 0 Å². The van der Waals surface area contributed by atoms with E-state index in [0.29, 0.717) is 30.6 Å². The second-order valence-electron chi connectivity index (χ2n) is 5.45. The average molecular weight is 317 g/mol. The third-order valence-corrected chi connectivity index (χ3v) is 3.75. The van der Waals surface area contributed by atoms with E-state index in [1.54, 1.807) is 31.5 Å². The monoisotopic (exact) mass is 317 g/mol. The first kappa shape index (κ1) is 15.4. The number of carbonyl (C=O) groups is 1. The van der Waals surface area contributed by atoms with E-state index in [4.69, 9.17) is 9.26 Å². The van der Waals surface area contributed by atoms with E-state index in [2.05, 4.69) is 25.8 Å². The lowest BCUT2D eigenvalue weighted by atomic mass is 9.91. The molecule has 2 N–H and O–H groups in total. The second kappa shape index (κ2) is 7.19. The largest absolute Gasteiger partial charge is 0.381 e. The maximum atomic E-state index is 12.3. The number of aryl methyl sites for hydroxylation is 1. The van der Waals surface area contributed by atoms with Gasteiger partial charge in [0.1, 0.15) is 6.04 Å². The van der Waals surface area contributed by atoms with Gasteiger partial charge in [-0.25, -0.2) is 4.79 Å². The number of hydrogen-bond acceptors (Lipinski definition) is 6. The molecular formula is C15H19N5O3. The molecule has 2 amide bonds. The molecule has 0 aromatic carbocycles. The summed E-state index contributed by atoms with van der Waals surface area (Å²) in [6.07, 6.45) is 4.90. The van der Waals surface area contributed by atoms with Crippen molar-refractivity contribution in [2.45, 2.75) is 25.8 Å². The molecule has 1 aliphatic heterocycles. The number of nitrogens with one attached hydrogen (secondary N) is 2. The molecule has 0 saturated carbocycles. The normalized spacial score (nSPS) is 16.7. The SMILES string of the molecule is Cc1noc([C@H](NC(=O)Nc2cccnc2)C2CCOCC2)n1. The first-order valence-electron chi connectivity index (χ1n) is 7.58. The van der Waals surface area contributed by atoms with E-state index in [9.17, 15) is 4.79 Å². The molecule has 122 valence electrons. The fourth-order valence-corrected chi connectivity index (χ4v) is 2.61. The summed E-state index contributed by atoms with van der Waals surface area (Å²) in [6, 6.07) is 2.86. The fraction of sp³-hybridized carbons (Fsp3) is 0.467. The van der Waals surface area contributed by atoms with E-state index < -0.39 is 0 Å². The predicted octanol–water partition coefficient (Wildman–Crippen LogP) is 2.06. The van der Waals surface area contributed by atoms with Crippen molar-refractivity contribution >= 4 is 11.7 Å². The molecule has 2 aromatic rings. The van der Waals surface area contributed by atoms with Crippen molar-refractivity contribution in [3.8, 4) is 0 Å². The minimum atomic E-state index is -0.336. The lowest BCUT2D eigenvalue weighted by molar-refractivity contribution is 0.0506. The lowest BCUT2D eigenvalue weighted by Crippen LogP contribution is -2.38. The number of carbonyl (C=O) groups excluding carboxylic acids is 1. The van der Waals surface area contributed by atoms with Crippen molar-refractivity contribution in [1.82, 2.24) is 20.4 Å². The van der Waals surface area contributed by atoms with Gasteiger partial charge in [-0.05, 0) is 37.8 Å². The van der Waals surface area contributed by atoms with Crippen molar-refractivity contribution in [1.29, 1.82) is 0 Å². The van der Waals surface area contributed by atoms with Crippen LogP contribution < -0.4 is 10.6 Å². The van der Waals surface area contributed by atoms with Gasteiger partial charge in [-0.3, -0.25) is 4.98 Å². The van der Waals surface area contributed by atoms with Gasteiger partial charge in [0.2, 0.25) is 5.89 Å². The Hall–Kier alpha value is -2.48. The molecule has 8 heteroatoms.